The highest BCUT2D eigenvalue weighted by atomic mass is 35.5. The number of hydrogen-bond acceptors (Lipinski definition) is 2. The standard InChI is InChI=1S/C23H29ClFNO/c1-22(2)17-23(12-14-27-22,15-19-5-3-4-6-21(19)24)11-13-26-16-18-7-9-20(25)10-8-18/h3-10,26H,11-17H2,1-2H3/t23-/m1/s1. The van der Waals surface area contributed by atoms with Gasteiger partial charge in [0.05, 0.1) is 5.60 Å². The number of rotatable bonds is 7. The van der Waals surface area contributed by atoms with Crippen LogP contribution in [0.15, 0.2) is 48.5 Å². The number of nitrogens with one attached hydrogen (secondary N) is 1. The maximum absolute atomic E-state index is 13.0. The van der Waals surface area contributed by atoms with E-state index in [0.29, 0.717) is 0 Å². The monoisotopic (exact) mass is 389 g/mol. The van der Waals surface area contributed by atoms with Crippen LogP contribution in [-0.4, -0.2) is 18.8 Å². The molecule has 0 unspecified atom stereocenters. The largest absolute Gasteiger partial charge is 0.376 e. The predicted octanol–water partition coefficient (Wildman–Crippen LogP) is 5.78. The molecule has 1 aliphatic heterocycles. The summed E-state index contributed by atoms with van der Waals surface area (Å²) in [6.07, 6.45) is 4.09. The fraction of sp³-hybridized carbons (Fsp3) is 0.478. The SMILES string of the molecule is CC1(C)C[C@@](CCNCc2ccc(F)cc2)(Cc2ccccc2Cl)CCO1. The maximum Gasteiger partial charge on any atom is 0.123 e. The molecule has 146 valence electrons. The van der Waals surface area contributed by atoms with Crippen LogP contribution in [-0.2, 0) is 17.7 Å². The summed E-state index contributed by atoms with van der Waals surface area (Å²) >= 11 is 6.45. The summed E-state index contributed by atoms with van der Waals surface area (Å²) in [5.74, 6) is -0.193. The molecule has 0 spiro atoms. The third-order valence-electron chi connectivity index (χ3n) is 5.52. The minimum Gasteiger partial charge on any atom is -0.376 e. The molecule has 2 aromatic rings. The second kappa shape index (κ2) is 8.72. The lowest BCUT2D eigenvalue weighted by molar-refractivity contribution is -0.107. The molecule has 1 heterocycles. The first-order valence-corrected chi connectivity index (χ1v) is 10.1. The first-order chi connectivity index (χ1) is 12.9. The fourth-order valence-corrected chi connectivity index (χ4v) is 4.48. The van der Waals surface area contributed by atoms with Gasteiger partial charge < -0.3 is 10.1 Å². The molecule has 0 saturated carbocycles. The van der Waals surface area contributed by atoms with E-state index in [0.717, 1.165) is 56.0 Å². The van der Waals surface area contributed by atoms with Crippen molar-refractivity contribution in [1.82, 2.24) is 5.32 Å². The van der Waals surface area contributed by atoms with Crippen LogP contribution in [0.3, 0.4) is 0 Å². The van der Waals surface area contributed by atoms with Crippen molar-refractivity contribution in [2.45, 2.75) is 51.7 Å². The second-order valence-corrected chi connectivity index (χ2v) is 8.76. The van der Waals surface area contributed by atoms with Gasteiger partial charge in [0.25, 0.3) is 0 Å². The van der Waals surface area contributed by atoms with Crippen molar-refractivity contribution in [3.63, 3.8) is 0 Å². The third kappa shape index (κ3) is 5.78. The molecule has 2 aromatic carbocycles. The maximum atomic E-state index is 13.0. The highest BCUT2D eigenvalue weighted by Crippen LogP contribution is 2.44. The Morgan fingerprint density at radius 3 is 2.56 bits per heavy atom. The molecular formula is C23H29ClFNO. The van der Waals surface area contributed by atoms with Crippen LogP contribution in [0.5, 0.6) is 0 Å². The lowest BCUT2D eigenvalue weighted by Gasteiger charge is -2.45. The molecule has 0 amide bonds. The van der Waals surface area contributed by atoms with Gasteiger partial charge >= 0.3 is 0 Å². The van der Waals surface area contributed by atoms with E-state index in [9.17, 15) is 4.39 Å². The van der Waals surface area contributed by atoms with E-state index in [1.807, 2.05) is 24.3 Å². The number of benzene rings is 2. The Morgan fingerprint density at radius 1 is 1.11 bits per heavy atom. The molecule has 0 aromatic heterocycles. The topological polar surface area (TPSA) is 21.3 Å². The molecule has 2 nitrogen and oxygen atoms in total. The van der Waals surface area contributed by atoms with Crippen LogP contribution in [0.2, 0.25) is 5.02 Å². The normalized spacial score (nSPS) is 21.9. The Morgan fingerprint density at radius 2 is 1.85 bits per heavy atom. The first-order valence-electron chi connectivity index (χ1n) is 9.70. The predicted molar refractivity (Wildman–Crippen MR) is 110 cm³/mol. The number of halogens is 2. The molecule has 1 aliphatic rings. The van der Waals surface area contributed by atoms with Gasteiger partial charge in [-0.05, 0) is 80.8 Å². The van der Waals surface area contributed by atoms with Crippen molar-refractivity contribution in [2.75, 3.05) is 13.2 Å². The summed E-state index contributed by atoms with van der Waals surface area (Å²) < 4.78 is 19.0. The molecule has 0 bridgehead atoms. The van der Waals surface area contributed by atoms with Crippen molar-refractivity contribution in [1.29, 1.82) is 0 Å². The molecule has 1 fully saturated rings. The van der Waals surface area contributed by atoms with Crippen LogP contribution in [0.1, 0.15) is 44.2 Å². The third-order valence-corrected chi connectivity index (χ3v) is 5.89. The molecule has 4 heteroatoms. The Bertz CT molecular complexity index is 746. The van der Waals surface area contributed by atoms with E-state index in [-0.39, 0.29) is 16.8 Å². The minimum atomic E-state index is -0.193. The molecule has 1 saturated heterocycles. The average molecular weight is 390 g/mol. The molecule has 1 N–H and O–H groups in total. The van der Waals surface area contributed by atoms with Gasteiger partial charge in [-0.25, -0.2) is 4.39 Å². The Hall–Kier alpha value is -1.42. The van der Waals surface area contributed by atoms with Gasteiger partial charge in [0.15, 0.2) is 0 Å². The van der Waals surface area contributed by atoms with Gasteiger partial charge in [-0.3, -0.25) is 0 Å². The molecule has 3 rings (SSSR count). The molecule has 0 radical (unpaired) electrons. The zero-order valence-corrected chi connectivity index (χ0v) is 17.0. The Labute approximate surface area is 167 Å². The fourth-order valence-electron chi connectivity index (χ4n) is 4.27. The van der Waals surface area contributed by atoms with Gasteiger partial charge in [-0.15, -0.1) is 0 Å². The lowest BCUT2D eigenvalue weighted by atomic mass is 9.68. The molecule has 1 atom stereocenters. The molecule has 0 aliphatic carbocycles. The highest BCUT2D eigenvalue weighted by molar-refractivity contribution is 6.31. The van der Waals surface area contributed by atoms with Crippen LogP contribution >= 0.6 is 11.6 Å². The van der Waals surface area contributed by atoms with Crippen molar-refractivity contribution < 1.29 is 9.13 Å². The summed E-state index contributed by atoms with van der Waals surface area (Å²) in [6, 6.07) is 14.8. The van der Waals surface area contributed by atoms with E-state index >= 15 is 0 Å². The van der Waals surface area contributed by atoms with E-state index in [2.05, 4.69) is 31.3 Å². The van der Waals surface area contributed by atoms with E-state index in [4.69, 9.17) is 16.3 Å². The van der Waals surface area contributed by atoms with Crippen LogP contribution < -0.4 is 5.32 Å². The summed E-state index contributed by atoms with van der Waals surface area (Å²) in [6.45, 7) is 6.81. The zero-order chi connectivity index (χ0) is 19.3. The first kappa shape index (κ1) is 20.3. The zero-order valence-electron chi connectivity index (χ0n) is 16.2. The van der Waals surface area contributed by atoms with Crippen LogP contribution in [0, 0.1) is 11.2 Å². The lowest BCUT2D eigenvalue weighted by Crippen LogP contribution is -2.43. The molecular weight excluding hydrogens is 361 g/mol. The van der Waals surface area contributed by atoms with Crippen molar-refractivity contribution in [3.8, 4) is 0 Å². The minimum absolute atomic E-state index is 0.115. The summed E-state index contributed by atoms with van der Waals surface area (Å²) in [7, 11) is 0. The van der Waals surface area contributed by atoms with Gasteiger partial charge in [-0.1, -0.05) is 41.9 Å². The van der Waals surface area contributed by atoms with Crippen molar-refractivity contribution in [3.05, 3.63) is 70.5 Å². The van der Waals surface area contributed by atoms with E-state index < -0.39 is 0 Å². The van der Waals surface area contributed by atoms with E-state index in [1.54, 1.807) is 0 Å². The summed E-state index contributed by atoms with van der Waals surface area (Å²) in [5.41, 5.74) is 2.37. The second-order valence-electron chi connectivity index (χ2n) is 8.36. The van der Waals surface area contributed by atoms with Gasteiger partial charge in [0, 0.05) is 18.2 Å². The molecule has 27 heavy (non-hydrogen) atoms. The van der Waals surface area contributed by atoms with Gasteiger partial charge in [0.1, 0.15) is 5.82 Å². The van der Waals surface area contributed by atoms with Crippen LogP contribution in [0.4, 0.5) is 4.39 Å². The van der Waals surface area contributed by atoms with Crippen molar-refractivity contribution in [2.24, 2.45) is 5.41 Å². The van der Waals surface area contributed by atoms with Gasteiger partial charge in [0.2, 0.25) is 0 Å². The average Bonchev–Trinajstić information content (AvgIpc) is 2.62. The number of hydrogen-bond donors (Lipinski definition) is 1. The van der Waals surface area contributed by atoms with Crippen LogP contribution in [0.25, 0.3) is 0 Å². The Balaban J connectivity index is 1.65. The van der Waals surface area contributed by atoms with Gasteiger partial charge in [-0.2, -0.15) is 0 Å². The van der Waals surface area contributed by atoms with Crippen molar-refractivity contribution >= 4 is 11.6 Å². The quantitative estimate of drug-likeness (QED) is 0.606. The Kier molecular flexibility index (Phi) is 6.56. The highest BCUT2D eigenvalue weighted by Gasteiger charge is 2.40. The smallest absolute Gasteiger partial charge is 0.123 e. The number of ether oxygens (including phenoxy) is 1. The van der Waals surface area contributed by atoms with E-state index in [1.165, 1.54) is 17.7 Å². The summed E-state index contributed by atoms with van der Waals surface area (Å²) in [4.78, 5) is 0. The summed E-state index contributed by atoms with van der Waals surface area (Å²) in [5, 5.41) is 4.37.